The van der Waals surface area contributed by atoms with Gasteiger partial charge in [0, 0.05) is 20.1 Å². The van der Waals surface area contributed by atoms with Gasteiger partial charge in [0.15, 0.2) is 0 Å². The highest BCUT2D eigenvalue weighted by atomic mass is 32.2. The number of rotatable bonds is 8. The lowest BCUT2D eigenvalue weighted by atomic mass is 10.2. The zero-order chi connectivity index (χ0) is 15.2. The summed E-state index contributed by atoms with van der Waals surface area (Å²) in [6, 6.07) is 4.14. The molecule has 0 amide bonds. The average Bonchev–Trinajstić information content (AvgIpc) is 2.41. The SMILES string of the molecule is C=CCCCN(C)S(=O)(=O)c1cc(CNC)ccc1F. The van der Waals surface area contributed by atoms with E-state index < -0.39 is 15.8 Å². The zero-order valence-electron chi connectivity index (χ0n) is 11.9. The maximum absolute atomic E-state index is 13.8. The molecule has 0 aliphatic heterocycles. The lowest BCUT2D eigenvalue weighted by Crippen LogP contribution is -2.28. The zero-order valence-corrected chi connectivity index (χ0v) is 12.7. The van der Waals surface area contributed by atoms with E-state index in [0.29, 0.717) is 19.5 Å². The van der Waals surface area contributed by atoms with Gasteiger partial charge >= 0.3 is 0 Å². The first-order valence-corrected chi connectivity index (χ1v) is 7.87. The van der Waals surface area contributed by atoms with Gasteiger partial charge in [-0.1, -0.05) is 12.1 Å². The largest absolute Gasteiger partial charge is 0.316 e. The fourth-order valence-electron chi connectivity index (χ4n) is 1.81. The smallest absolute Gasteiger partial charge is 0.245 e. The van der Waals surface area contributed by atoms with Gasteiger partial charge in [-0.25, -0.2) is 17.1 Å². The minimum Gasteiger partial charge on any atom is -0.316 e. The van der Waals surface area contributed by atoms with Crippen LogP contribution in [0.15, 0.2) is 35.7 Å². The van der Waals surface area contributed by atoms with Crippen LogP contribution in [0.5, 0.6) is 0 Å². The van der Waals surface area contributed by atoms with Crippen molar-refractivity contribution in [3.8, 4) is 0 Å². The highest BCUT2D eigenvalue weighted by Crippen LogP contribution is 2.20. The van der Waals surface area contributed by atoms with E-state index in [1.165, 1.54) is 23.5 Å². The number of unbranched alkanes of at least 4 members (excludes halogenated alkanes) is 1. The Hall–Kier alpha value is -1.24. The van der Waals surface area contributed by atoms with Crippen LogP contribution in [0.1, 0.15) is 18.4 Å². The quantitative estimate of drug-likeness (QED) is 0.591. The molecule has 1 aromatic rings. The number of hydrogen-bond acceptors (Lipinski definition) is 3. The first kappa shape index (κ1) is 16.8. The minimum absolute atomic E-state index is 0.272. The van der Waals surface area contributed by atoms with E-state index in [2.05, 4.69) is 11.9 Å². The summed E-state index contributed by atoms with van der Waals surface area (Å²) in [6.07, 6.45) is 3.12. The molecule has 0 spiro atoms. The van der Waals surface area contributed by atoms with Crippen molar-refractivity contribution in [3.05, 3.63) is 42.2 Å². The number of sulfonamides is 1. The molecule has 0 unspecified atom stereocenters. The van der Waals surface area contributed by atoms with Gasteiger partial charge in [0.05, 0.1) is 0 Å². The Morgan fingerprint density at radius 2 is 2.15 bits per heavy atom. The van der Waals surface area contributed by atoms with Crippen LogP contribution in [-0.2, 0) is 16.6 Å². The average molecular weight is 300 g/mol. The predicted octanol–water partition coefficient (Wildman–Crippen LogP) is 2.13. The molecule has 6 heteroatoms. The maximum Gasteiger partial charge on any atom is 0.245 e. The molecule has 0 aliphatic carbocycles. The third kappa shape index (κ3) is 4.13. The Balaban J connectivity index is 3.01. The molecule has 0 atom stereocenters. The molecule has 1 rings (SSSR count). The van der Waals surface area contributed by atoms with E-state index in [1.54, 1.807) is 19.2 Å². The van der Waals surface area contributed by atoms with Crippen molar-refractivity contribution < 1.29 is 12.8 Å². The van der Waals surface area contributed by atoms with E-state index in [9.17, 15) is 12.8 Å². The number of nitrogens with zero attached hydrogens (tertiary/aromatic N) is 1. The van der Waals surface area contributed by atoms with Gasteiger partial charge in [-0.15, -0.1) is 6.58 Å². The van der Waals surface area contributed by atoms with Gasteiger partial charge in [-0.05, 0) is 37.6 Å². The molecule has 0 aromatic heterocycles. The second kappa shape index (κ2) is 7.52. The van der Waals surface area contributed by atoms with E-state index >= 15 is 0 Å². The summed E-state index contributed by atoms with van der Waals surface area (Å²) in [5.41, 5.74) is 0.729. The summed E-state index contributed by atoms with van der Waals surface area (Å²) in [4.78, 5) is -0.272. The van der Waals surface area contributed by atoms with Crippen LogP contribution in [-0.4, -0.2) is 33.4 Å². The summed E-state index contributed by atoms with van der Waals surface area (Å²) in [7, 11) is -0.585. The van der Waals surface area contributed by atoms with Gasteiger partial charge in [0.25, 0.3) is 0 Å². The summed E-state index contributed by atoms with van der Waals surface area (Å²) in [5.74, 6) is -0.722. The molecular formula is C14H21FN2O2S. The van der Waals surface area contributed by atoms with Crippen LogP contribution in [0, 0.1) is 5.82 Å². The number of allylic oxidation sites excluding steroid dienone is 1. The molecule has 112 valence electrons. The first-order valence-electron chi connectivity index (χ1n) is 6.43. The standard InChI is InChI=1S/C14H21FN2O2S/c1-4-5-6-9-17(3)20(18,19)14-10-12(11-16-2)7-8-13(14)15/h4,7-8,10,16H,1,5-6,9,11H2,2-3H3. The Bertz CT molecular complexity index is 558. The highest BCUT2D eigenvalue weighted by Gasteiger charge is 2.24. The summed E-state index contributed by atoms with van der Waals surface area (Å²) < 4.78 is 39.7. The van der Waals surface area contributed by atoms with E-state index in [1.807, 2.05) is 0 Å². The normalized spacial score (nSPS) is 11.8. The van der Waals surface area contributed by atoms with Gasteiger partial charge in [-0.2, -0.15) is 0 Å². The third-order valence-corrected chi connectivity index (χ3v) is 4.82. The number of halogens is 1. The molecule has 0 heterocycles. The minimum atomic E-state index is -3.79. The van der Waals surface area contributed by atoms with Crippen LogP contribution in [0.2, 0.25) is 0 Å². The van der Waals surface area contributed by atoms with Crippen molar-refractivity contribution in [1.82, 2.24) is 9.62 Å². The van der Waals surface area contributed by atoms with Gasteiger partial charge in [0.1, 0.15) is 10.7 Å². The number of nitrogens with one attached hydrogen (secondary N) is 1. The van der Waals surface area contributed by atoms with Crippen LogP contribution in [0.3, 0.4) is 0 Å². The Kier molecular flexibility index (Phi) is 6.32. The summed E-state index contributed by atoms with van der Waals surface area (Å²) in [6.45, 7) is 4.42. The van der Waals surface area contributed by atoms with Crippen molar-refractivity contribution in [2.45, 2.75) is 24.3 Å². The van der Waals surface area contributed by atoms with Crippen LogP contribution in [0.4, 0.5) is 4.39 Å². The first-order chi connectivity index (χ1) is 9.43. The molecule has 4 nitrogen and oxygen atoms in total. The summed E-state index contributed by atoms with van der Waals surface area (Å²) >= 11 is 0. The highest BCUT2D eigenvalue weighted by molar-refractivity contribution is 7.89. The molecule has 0 saturated carbocycles. The van der Waals surface area contributed by atoms with E-state index in [0.717, 1.165) is 12.0 Å². The van der Waals surface area contributed by atoms with Gasteiger partial charge in [0.2, 0.25) is 10.0 Å². The number of benzene rings is 1. The fourth-order valence-corrected chi connectivity index (χ4v) is 3.13. The van der Waals surface area contributed by atoms with Crippen molar-refractivity contribution >= 4 is 10.0 Å². The van der Waals surface area contributed by atoms with Crippen molar-refractivity contribution in [2.24, 2.45) is 0 Å². The fraction of sp³-hybridized carbons (Fsp3) is 0.429. The maximum atomic E-state index is 13.8. The molecule has 1 aromatic carbocycles. The number of hydrogen-bond donors (Lipinski definition) is 1. The lowest BCUT2D eigenvalue weighted by Gasteiger charge is -2.17. The van der Waals surface area contributed by atoms with E-state index in [4.69, 9.17) is 0 Å². The molecular weight excluding hydrogens is 279 g/mol. The third-order valence-electron chi connectivity index (χ3n) is 2.95. The Morgan fingerprint density at radius 1 is 1.45 bits per heavy atom. The van der Waals surface area contributed by atoms with Gasteiger partial charge < -0.3 is 5.32 Å². The predicted molar refractivity (Wildman–Crippen MR) is 78.4 cm³/mol. The van der Waals surface area contributed by atoms with Crippen molar-refractivity contribution in [2.75, 3.05) is 20.6 Å². The van der Waals surface area contributed by atoms with E-state index in [-0.39, 0.29) is 4.90 Å². The molecule has 0 aliphatic rings. The Labute approximate surface area is 120 Å². The lowest BCUT2D eigenvalue weighted by molar-refractivity contribution is 0.456. The molecule has 1 N–H and O–H groups in total. The molecule has 20 heavy (non-hydrogen) atoms. The molecule has 0 fully saturated rings. The van der Waals surface area contributed by atoms with Crippen LogP contribution < -0.4 is 5.32 Å². The van der Waals surface area contributed by atoms with Crippen LogP contribution in [0.25, 0.3) is 0 Å². The van der Waals surface area contributed by atoms with Gasteiger partial charge in [-0.3, -0.25) is 0 Å². The second-order valence-corrected chi connectivity index (χ2v) is 6.57. The molecule has 0 saturated heterocycles. The van der Waals surface area contributed by atoms with Crippen molar-refractivity contribution in [1.29, 1.82) is 0 Å². The molecule has 0 bridgehead atoms. The Morgan fingerprint density at radius 3 is 2.75 bits per heavy atom. The van der Waals surface area contributed by atoms with Crippen LogP contribution >= 0.6 is 0 Å². The molecule has 0 radical (unpaired) electrons. The topological polar surface area (TPSA) is 49.4 Å². The monoisotopic (exact) mass is 300 g/mol. The van der Waals surface area contributed by atoms with Crippen molar-refractivity contribution in [3.63, 3.8) is 0 Å². The second-order valence-electron chi connectivity index (χ2n) is 4.55. The summed E-state index contributed by atoms with van der Waals surface area (Å²) in [5, 5.41) is 2.91.